The molecule has 0 aliphatic carbocycles. The van der Waals surface area contributed by atoms with Gasteiger partial charge in [-0.05, 0) is 19.4 Å². The van der Waals surface area contributed by atoms with E-state index >= 15 is 0 Å². The number of allylic oxidation sites excluding steroid dienone is 1. The number of terminal acetylenes is 1. The normalized spacial score (nSPS) is 10.4. The third kappa shape index (κ3) is 1.60. The number of nitrogens with one attached hydrogen (secondary N) is 1. The van der Waals surface area contributed by atoms with Crippen molar-refractivity contribution in [3.05, 3.63) is 29.1 Å². The van der Waals surface area contributed by atoms with Crippen molar-refractivity contribution in [3.63, 3.8) is 0 Å². The van der Waals surface area contributed by atoms with Gasteiger partial charge in [0.05, 0.1) is 5.69 Å². The molecule has 0 aliphatic rings. The molecule has 62 valence electrons. The lowest BCUT2D eigenvalue weighted by atomic mass is 10.2. The molecular formula is C11H13N. The van der Waals surface area contributed by atoms with E-state index in [-0.39, 0.29) is 0 Å². The second kappa shape index (κ2) is 3.82. The molecule has 0 spiro atoms. The monoisotopic (exact) mass is 159 g/mol. The molecule has 0 saturated carbocycles. The van der Waals surface area contributed by atoms with Crippen LogP contribution in [0.25, 0.3) is 6.08 Å². The predicted octanol–water partition coefficient (Wildman–Crippen LogP) is 2.59. The van der Waals surface area contributed by atoms with Crippen molar-refractivity contribution in [2.75, 3.05) is 0 Å². The Morgan fingerprint density at radius 3 is 2.92 bits per heavy atom. The van der Waals surface area contributed by atoms with E-state index in [2.05, 4.69) is 23.9 Å². The molecule has 0 aromatic carbocycles. The Labute approximate surface area is 73.5 Å². The lowest BCUT2D eigenvalue weighted by Gasteiger charge is -1.85. The third-order valence-electron chi connectivity index (χ3n) is 1.78. The number of aromatic amines is 1. The largest absolute Gasteiger partial charge is 0.352 e. The fraction of sp³-hybridized carbons (Fsp3) is 0.273. The Morgan fingerprint density at radius 1 is 1.67 bits per heavy atom. The number of H-pyrrole nitrogens is 1. The van der Waals surface area contributed by atoms with Gasteiger partial charge in [0, 0.05) is 11.3 Å². The molecule has 0 aliphatic heterocycles. The molecule has 1 nitrogen and oxygen atoms in total. The first-order valence-electron chi connectivity index (χ1n) is 4.13. The van der Waals surface area contributed by atoms with E-state index in [1.165, 1.54) is 5.69 Å². The van der Waals surface area contributed by atoms with E-state index in [4.69, 9.17) is 6.42 Å². The van der Waals surface area contributed by atoms with Crippen molar-refractivity contribution in [1.29, 1.82) is 0 Å². The molecule has 0 radical (unpaired) electrons. The van der Waals surface area contributed by atoms with E-state index in [0.29, 0.717) is 0 Å². The zero-order valence-electron chi connectivity index (χ0n) is 7.52. The van der Waals surface area contributed by atoms with Gasteiger partial charge < -0.3 is 4.98 Å². The van der Waals surface area contributed by atoms with Gasteiger partial charge in [-0.25, -0.2) is 0 Å². The highest BCUT2D eigenvalue weighted by molar-refractivity contribution is 5.57. The van der Waals surface area contributed by atoms with Gasteiger partial charge in [-0.3, -0.25) is 0 Å². The highest BCUT2D eigenvalue weighted by Crippen LogP contribution is 2.12. The molecule has 12 heavy (non-hydrogen) atoms. The summed E-state index contributed by atoms with van der Waals surface area (Å²) in [6, 6.07) is 2.09. The summed E-state index contributed by atoms with van der Waals surface area (Å²) in [6.07, 6.45) is 10.3. The summed E-state index contributed by atoms with van der Waals surface area (Å²) < 4.78 is 0. The van der Waals surface area contributed by atoms with Crippen LogP contribution in [0.1, 0.15) is 30.8 Å². The van der Waals surface area contributed by atoms with Gasteiger partial charge in [-0.2, -0.15) is 0 Å². The lowest BCUT2D eigenvalue weighted by Crippen LogP contribution is -1.78. The highest BCUT2D eigenvalue weighted by Gasteiger charge is 2.00. The van der Waals surface area contributed by atoms with Crippen molar-refractivity contribution in [1.82, 2.24) is 4.98 Å². The van der Waals surface area contributed by atoms with Gasteiger partial charge in [0.1, 0.15) is 0 Å². The van der Waals surface area contributed by atoms with Crippen molar-refractivity contribution in [2.24, 2.45) is 0 Å². The van der Waals surface area contributed by atoms with Gasteiger partial charge in [-0.1, -0.05) is 25.0 Å². The maximum Gasteiger partial charge on any atom is 0.0966 e. The van der Waals surface area contributed by atoms with Crippen LogP contribution in [0.3, 0.4) is 0 Å². The third-order valence-corrected chi connectivity index (χ3v) is 1.78. The van der Waals surface area contributed by atoms with Crippen LogP contribution >= 0.6 is 0 Å². The number of hydrogen-bond acceptors (Lipinski definition) is 0. The molecule has 1 rings (SSSR count). The second-order valence-corrected chi connectivity index (χ2v) is 2.62. The van der Waals surface area contributed by atoms with Gasteiger partial charge >= 0.3 is 0 Å². The van der Waals surface area contributed by atoms with Crippen LogP contribution < -0.4 is 0 Å². The van der Waals surface area contributed by atoms with Gasteiger partial charge in [0.25, 0.3) is 0 Å². The second-order valence-electron chi connectivity index (χ2n) is 2.62. The minimum atomic E-state index is 0.880. The topological polar surface area (TPSA) is 15.8 Å². The Bertz CT molecular complexity index is 323. The predicted molar refractivity (Wildman–Crippen MR) is 52.8 cm³/mol. The van der Waals surface area contributed by atoms with Gasteiger partial charge in [0.15, 0.2) is 0 Å². The zero-order chi connectivity index (χ0) is 8.97. The smallest absolute Gasteiger partial charge is 0.0966 e. The SMILES string of the molecule is C#Cc1[nH]c(CC)cc1/C=C\C. The summed E-state index contributed by atoms with van der Waals surface area (Å²) in [5.41, 5.74) is 3.18. The molecule has 0 fully saturated rings. The first-order valence-corrected chi connectivity index (χ1v) is 4.13. The molecule has 0 bridgehead atoms. The lowest BCUT2D eigenvalue weighted by molar-refractivity contribution is 1.06. The van der Waals surface area contributed by atoms with Crippen LogP contribution in [0.2, 0.25) is 0 Å². The number of rotatable bonds is 2. The molecule has 1 aromatic rings. The molecule has 0 saturated heterocycles. The van der Waals surface area contributed by atoms with Crippen molar-refractivity contribution >= 4 is 6.08 Å². The van der Waals surface area contributed by atoms with E-state index in [1.54, 1.807) is 0 Å². The number of aryl methyl sites for hydroxylation is 1. The number of hydrogen-bond donors (Lipinski definition) is 1. The summed E-state index contributed by atoms with van der Waals surface area (Å²) in [7, 11) is 0. The average molecular weight is 159 g/mol. The Morgan fingerprint density at radius 2 is 2.42 bits per heavy atom. The molecule has 0 atom stereocenters. The first-order chi connectivity index (χ1) is 5.81. The average Bonchev–Trinajstić information content (AvgIpc) is 2.48. The zero-order valence-corrected chi connectivity index (χ0v) is 7.52. The summed E-state index contributed by atoms with van der Waals surface area (Å²) in [5.74, 6) is 2.63. The quantitative estimate of drug-likeness (QED) is 0.638. The van der Waals surface area contributed by atoms with Crippen LogP contribution in [0.15, 0.2) is 12.1 Å². The minimum Gasteiger partial charge on any atom is -0.352 e. The van der Waals surface area contributed by atoms with Crippen LogP contribution in [-0.2, 0) is 6.42 Å². The van der Waals surface area contributed by atoms with Crippen molar-refractivity contribution < 1.29 is 0 Å². The summed E-state index contributed by atoms with van der Waals surface area (Å²) in [5, 5.41) is 0. The Kier molecular flexibility index (Phi) is 2.76. The van der Waals surface area contributed by atoms with E-state index in [9.17, 15) is 0 Å². The van der Waals surface area contributed by atoms with Gasteiger partial charge in [0.2, 0.25) is 0 Å². The number of aromatic nitrogens is 1. The van der Waals surface area contributed by atoms with Crippen molar-refractivity contribution in [2.45, 2.75) is 20.3 Å². The van der Waals surface area contributed by atoms with Gasteiger partial charge in [-0.15, -0.1) is 6.42 Å². The van der Waals surface area contributed by atoms with Crippen molar-refractivity contribution in [3.8, 4) is 12.3 Å². The fourth-order valence-corrected chi connectivity index (χ4v) is 1.15. The molecule has 1 heterocycles. The Balaban J connectivity index is 3.10. The standard InChI is InChI=1S/C11H13N/c1-4-7-9-8-10(5-2)12-11(9)6-3/h3-4,7-8,12H,5H2,1-2H3/b7-4-. The highest BCUT2D eigenvalue weighted by atomic mass is 14.7. The van der Waals surface area contributed by atoms with Crippen LogP contribution in [0.4, 0.5) is 0 Å². The molecule has 1 heteroatoms. The first kappa shape index (κ1) is 8.67. The maximum atomic E-state index is 5.33. The molecule has 0 unspecified atom stereocenters. The maximum absolute atomic E-state index is 5.33. The summed E-state index contributed by atoms with van der Waals surface area (Å²) in [4.78, 5) is 3.18. The molecule has 1 N–H and O–H groups in total. The van der Waals surface area contributed by atoms with Crippen LogP contribution in [0, 0.1) is 12.3 Å². The van der Waals surface area contributed by atoms with Crippen LogP contribution in [0.5, 0.6) is 0 Å². The minimum absolute atomic E-state index is 0.880. The molecular weight excluding hydrogens is 146 g/mol. The summed E-state index contributed by atoms with van der Waals surface area (Å²) in [6.45, 7) is 4.09. The van der Waals surface area contributed by atoms with E-state index < -0.39 is 0 Å². The van der Waals surface area contributed by atoms with E-state index in [1.807, 2.05) is 19.1 Å². The fourth-order valence-electron chi connectivity index (χ4n) is 1.15. The van der Waals surface area contributed by atoms with Crippen LogP contribution in [-0.4, -0.2) is 4.98 Å². The summed E-state index contributed by atoms with van der Waals surface area (Å²) >= 11 is 0. The molecule has 1 aromatic heterocycles. The molecule has 0 amide bonds. The van der Waals surface area contributed by atoms with E-state index in [0.717, 1.165) is 17.7 Å². The Hall–Kier alpha value is -1.42.